The summed E-state index contributed by atoms with van der Waals surface area (Å²) >= 11 is 0. The van der Waals surface area contributed by atoms with Crippen LogP contribution in [0.25, 0.3) is 0 Å². The minimum atomic E-state index is -0.372. The summed E-state index contributed by atoms with van der Waals surface area (Å²) in [4.78, 5) is 23.7. The molecule has 0 aromatic carbocycles. The number of fused-ring (bicyclic) bond motifs is 2. The molecule has 136 valence electrons. The highest BCUT2D eigenvalue weighted by Crippen LogP contribution is 2.41. The summed E-state index contributed by atoms with van der Waals surface area (Å²) in [5.74, 6) is 1.36. The van der Waals surface area contributed by atoms with Crippen LogP contribution >= 0.6 is 0 Å². The van der Waals surface area contributed by atoms with E-state index in [9.17, 15) is 4.79 Å². The average molecular weight is 353 g/mol. The minimum absolute atomic E-state index is 0.0119. The molecule has 2 aromatic heterocycles. The van der Waals surface area contributed by atoms with E-state index in [0.29, 0.717) is 31.3 Å². The van der Waals surface area contributed by atoms with Crippen LogP contribution in [-0.2, 0) is 16.8 Å². The van der Waals surface area contributed by atoms with Gasteiger partial charge in [0.25, 0.3) is 5.91 Å². The van der Waals surface area contributed by atoms with Crippen molar-refractivity contribution in [3.8, 4) is 0 Å². The minimum Gasteiger partial charge on any atom is -0.368 e. The highest BCUT2D eigenvalue weighted by molar-refractivity contribution is 5.92. The monoisotopic (exact) mass is 353 g/mol. The summed E-state index contributed by atoms with van der Waals surface area (Å²) < 4.78 is 6.22. The Balaban J connectivity index is 1.33. The van der Waals surface area contributed by atoms with Crippen LogP contribution in [0, 0.1) is 6.92 Å². The smallest absolute Gasteiger partial charge is 0.274 e. The molecule has 1 amide bonds. The van der Waals surface area contributed by atoms with Gasteiger partial charge in [-0.2, -0.15) is 5.10 Å². The number of hydrogen-bond acceptors (Lipinski definition) is 5. The van der Waals surface area contributed by atoms with Crippen LogP contribution in [0.15, 0.2) is 12.3 Å². The highest BCUT2D eigenvalue weighted by atomic mass is 16.5. The van der Waals surface area contributed by atoms with Gasteiger partial charge in [-0.3, -0.25) is 9.89 Å². The van der Waals surface area contributed by atoms with Crippen molar-refractivity contribution >= 4 is 5.91 Å². The molecule has 3 aliphatic rings. The van der Waals surface area contributed by atoms with Gasteiger partial charge in [-0.25, -0.2) is 9.97 Å². The molecule has 7 nitrogen and oxygen atoms in total. The molecule has 1 saturated heterocycles. The Labute approximate surface area is 152 Å². The third kappa shape index (κ3) is 2.61. The van der Waals surface area contributed by atoms with Crippen molar-refractivity contribution in [1.29, 1.82) is 0 Å². The lowest BCUT2D eigenvalue weighted by molar-refractivity contribution is -0.0969. The van der Waals surface area contributed by atoms with Crippen molar-refractivity contribution in [1.82, 2.24) is 25.1 Å². The van der Waals surface area contributed by atoms with E-state index in [-0.39, 0.29) is 11.5 Å². The molecule has 1 N–H and O–H groups in total. The molecule has 1 saturated carbocycles. The van der Waals surface area contributed by atoms with E-state index in [2.05, 4.69) is 15.2 Å². The van der Waals surface area contributed by atoms with Gasteiger partial charge < -0.3 is 9.64 Å². The summed E-state index contributed by atoms with van der Waals surface area (Å²) in [6, 6.07) is 1.92. The van der Waals surface area contributed by atoms with E-state index in [1.807, 2.05) is 24.1 Å². The first kappa shape index (κ1) is 15.9. The van der Waals surface area contributed by atoms with Crippen LogP contribution in [0.1, 0.15) is 64.9 Å². The quantitative estimate of drug-likeness (QED) is 0.894. The Morgan fingerprint density at radius 3 is 2.92 bits per heavy atom. The number of nitrogens with one attached hydrogen (secondary N) is 1. The fourth-order valence-electron chi connectivity index (χ4n) is 4.16. The largest absolute Gasteiger partial charge is 0.368 e. The zero-order valence-electron chi connectivity index (χ0n) is 15.0. The summed E-state index contributed by atoms with van der Waals surface area (Å²) in [5.41, 5.74) is 3.47. The van der Waals surface area contributed by atoms with E-state index in [1.54, 1.807) is 0 Å². The zero-order chi connectivity index (χ0) is 17.7. The van der Waals surface area contributed by atoms with Gasteiger partial charge in [0, 0.05) is 30.9 Å². The Morgan fingerprint density at radius 2 is 2.15 bits per heavy atom. The van der Waals surface area contributed by atoms with Gasteiger partial charge in [0.15, 0.2) is 0 Å². The number of rotatable bonds is 2. The molecule has 0 radical (unpaired) electrons. The predicted octanol–water partition coefficient (Wildman–Crippen LogP) is 2.09. The SMILES string of the molecule is Cc1ncc2c(n1)C1(CCN(C(=O)c3cc(C4CC4)[nH]n3)CC1)OCC2. The number of nitrogens with zero attached hydrogens (tertiary/aromatic N) is 4. The second-order valence-corrected chi connectivity index (χ2v) is 7.66. The van der Waals surface area contributed by atoms with Gasteiger partial charge in [0.05, 0.1) is 12.3 Å². The second-order valence-electron chi connectivity index (χ2n) is 7.66. The Bertz CT molecular complexity index is 849. The van der Waals surface area contributed by atoms with Crippen LogP contribution in [0.4, 0.5) is 0 Å². The molecule has 5 rings (SSSR count). The molecule has 1 aliphatic carbocycles. The van der Waals surface area contributed by atoms with Crippen molar-refractivity contribution in [3.05, 3.63) is 40.7 Å². The normalized spacial score (nSPS) is 21.7. The van der Waals surface area contributed by atoms with Crippen molar-refractivity contribution in [2.75, 3.05) is 19.7 Å². The van der Waals surface area contributed by atoms with Crippen LogP contribution in [0.2, 0.25) is 0 Å². The number of aromatic nitrogens is 4. The molecule has 26 heavy (non-hydrogen) atoms. The van der Waals surface area contributed by atoms with Gasteiger partial charge in [-0.05, 0) is 50.7 Å². The number of aryl methyl sites for hydroxylation is 1. The van der Waals surface area contributed by atoms with Crippen molar-refractivity contribution < 1.29 is 9.53 Å². The molecule has 2 aliphatic heterocycles. The summed E-state index contributed by atoms with van der Waals surface area (Å²) in [6.07, 6.45) is 6.71. The van der Waals surface area contributed by atoms with E-state index in [1.165, 1.54) is 18.4 Å². The molecular weight excluding hydrogens is 330 g/mol. The zero-order valence-corrected chi connectivity index (χ0v) is 15.0. The Kier molecular flexibility index (Phi) is 3.60. The summed E-state index contributed by atoms with van der Waals surface area (Å²) in [7, 11) is 0. The third-order valence-corrected chi connectivity index (χ3v) is 5.86. The lowest BCUT2D eigenvalue weighted by atomic mass is 9.83. The van der Waals surface area contributed by atoms with Gasteiger partial charge in [0.2, 0.25) is 0 Å². The molecule has 2 fully saturated rings. The van der Waals surface area contributed by atoms with Crippen molar-refractivity contribution in [3.63, 3.8) is 0 Å². The molecule has 2 aromatic rings. The van der Waals surface area contributed by atoms with E-state index >= 15 is 0 Å². The lowest BCUT2D eigenvalue weighted by Gasteiger charge is -2.43. The molecule has 4 heterocycles. The first-order valence-electron chi connectivity index (χ1n) is 9.46. The topological polar surface area (TPSA) is 84.0 Å². The highest BCUT2D eigenvalue weighted by Gasteiger charge is 2.43. The average Bonchev–Trinajstić information content (AvgIpc) is 3.40. The van der Waals surface area contributed by atoms with E-state index in [4.69, 9.17) is 9.72 Å². The number of carbonyl (C=O) groups is 1. The number of H-pyrrole nitrogens is 1. The fraction of sp³-hybridized carbons (Fsp3) is 0.579. The van der Waals surface area contributed by atoms with Crippen LogP contribution in [-0.4, -0.2) is 50.7 Å². The number of aromatic amines is 1. The number of carbonyl (C=O) groups excluding carboxylic acids is 1. The van der Waals surface area contributed by atoms with Crippen LogP contribution in [0.3, 0.4) is 0 Å². The first-order chi connectivity index (χ1) is 12.6. The van der Waals surface area contributed by atoms with Crippen molar-refractivity contribution in [2.24, 2.45) is 0 Å². The summed E-state index contributed by atoms with van der Waals surface area (Å²) in [5, 5.41) is 7.26. The van der Waals surface area contributed by atoms with Gasteiger partial charge in [-0.15, -0.1) is 0 Å². The predicted molar refractivity (Wildman–Crippen MR) is 93.8 cm³/mol. The number of ether oxygens (including phenoxy) is 1. The number of likely N-dealkylation sites (tertiary alicyclic amines) is 1. The number of amides is 1. The number of hydrogen-bond donors (Lipinski definition) is 1. The van der Waals surface area contributed by atoms with Gasteiger partial charge in [0.1, 0.15) is 17.1 Å². The lowest BCUT2D eigenvalue weighted by Crippen LogP contribution is -2.49. The first-order valence-corrected chi connectivity index (χ1v) is 9.46. The molecule has 0 unspecified atom stereocenters. The number of piperidine rings is 1. The Morgan fingerprint density at radius 1 is 1.35 bits per heavy atom. The molecular formula is C19H23N5O2. The van der Waals surface area contributed by atoms with E-state index < -0.39 is 0 Å². The molecule has 0 atom stereocenters. The standard InChI is InChI=1S/C19H23N5O2/c1-12-20-11-14-4-9-26-19(17(14)21-12)5-7-24(8-6-19)18(25)16-10-15(22-23-16)13-2-3-13/h10-11,13H,2-9H2,1H3,(H,22,23). The maximum atomic E-state index is 12.8. The second kappa shape index (κ2) is 5.87. The summed E-state index contributed by atoms with van der Waals surface area (Å²) in [6.45, 7) is 3.92. The van der Waals surface area contributed by atoms with E-state index in [0.717, 1.165) is 36.5 Å². The maximum absolute atomic E-state index is 12.8. The van der Waals surface area contributed by atoms with Gasteiger partial charge >= 0.3 is 0 Å². The molecule has 7 heteroatoms. The van der Waals surface area contributed by atoms with Crippen LogP contribution in [0.5, 0.6) is 0 Å². The van der Waals surface area contributed by atoms with Gasteiger partial charge in [-0.1, -0.05) is 0 Å². The maximum Gasteiger partial charge on any atom is 0.274 e. The van der Waals surface area contributed by atoms with Crippen LogP contribution < -0.4 is 0 Å². The third-order valence-electron chi connectivity index (χ3n) is 5.86. The Hall–Kier alpha value is -2.28. The fourth-order valence-corrected chi connectivity index (χ4v) is 4.16. The van der Waals surface area contributed by atoms with Crippen molar-refractivity contribution in [2.45, 2.75) is 50.5 Å². The molecule has 0 bridgehead atoms. The molecule has 1 spiro atoms.